The van der Waals surface area contributed by atoms with Crippen molar-refractivity contribution in [2.45, 2.75) is 30.2 Å². The summed E-state index contributed by atoms with van der Waals surface area (Å²) in [5, 5.41) is 0. The van der Waals surface area contributed by atoms with E-state index in [1.807, 2.05) is 29.2 Å². The van der Waals surface area contributed by atoms with Gasteiger partial charge in [-0.05, 0) is 44.6 Å². The molecule has 4 heteroatoms. The third kappa shape index (κ3) is 3.98. The van der Waals surface area contributed by atoms with Gasteiger partial charge in [0.1, 0.15) is 0 Å². The molecule has 0 bridgehead atoms. The number of amides is 1. The van der Waals surface area contributed by atoms with Gasteiger partial charge in [0.25, 0.3) is 0 Å². The molecule has 1 atom stereocenters. The summed E-state index contributed by atoms with van der Waals surface area (Å²) in [6, 6.07) is 8.33. The second kappa shape index (κ2) is 6.44. The first-order valence-corrected chi connectivity index (χ1v) is 7.23. The molecule has 2 rings (SSSR count). The number of thiol groups is 1. The molecule has 1 aliphatic heterocycles. The van der Waals surface area contributed by atoms with Gasteiger partial charge in [-0.3, -0.25) is 4.79 Å². The maximum absolute atomic E-state index is 12.3. The Balaban J connectivity index is 1.94. The Morgan fingerprint density at radius 3 is 2.68 bits per heavy atom. The van der Waals surface area contributed by atoms with Gasteiger partial charge >= 0.3 is 0 Å². The monoisotopic (exact) mass is 278 g/mol. The standard InChI is InChI=1S/C15H22N2OS/c1-16(2)13-4-3-9-17(11-13)15(18)10-12-5-7-14(19)8-6-12/h5-8,13,19H,3-4,9-11H2,1-2H3. The number of rotatable bonds is 3. The molecule has 1 aliphatic rings. The van der Waals surface area contributed by atoms with Crippen molar-refractivity contribution in [3.05, 3.63) is 29.8 Å². The number of hydrogen-bond acceptors (Lipinski definition) is 3. The molecule has 0 N–H and O–H groups in total. The number of nitrogens with zero attached hydrogens (tertiary/aromatic N) is 2. The molecular weight excluding hydrogens is 256 g/mol. The third-order valence-electron chi connectivity index (χ3n) is 3.77. The average Bonchev–Trinajstić information content (AvgIpc) is 2.41. The number of piperidine rings is 1. The molecule has 104 valence electrons. The Morgan fingerprint density at radius 2 is 2.05 bits per heavy atom. The molecule has 0 saturated carbocycles. The van der Waals surface area contributed by atoms with Gasteiger partial charge in [-0.25, -0.2) is 0 Å². The number of carbonyl (C=O) groups excluding carboxylic acids is 1. The lowest BCUT2D eigenvalue weighted by Crippen LogP contribution is -2.47. The minimum absolute atomic E-state index is 0.235. The van der Waals surface area contributed by atoms with E-state index < -0.39 is 0 Å². The fraction of sp³-hybridized carbons (Fsp3) is 0.533. The summed E-state index contributed by atoms with van der Waals surface area (Å²) in [6.07, 6.45) is 2.78. The van der Waals surface area contributed by atoms with Crippen molar-refractivity contribution in [1.82, 2.24) is 9.80 Å². The lowest BCUT2D eigenvalue weighted by molar-refractivity contribution is -0.132. The van der Waals surface area contributed by atoms with E-state index in [9.17, 15) is 4.79 Å². The van der Waals surface area contributed by atoms with Gasteiger partial charge in [-0.15, -0.1) is 12.6 Å². The highest BCUT2D eigenvalue weighted by atomic mass is 32.1. The Kier molecular flexibility index (Phi) is 4.88. The Bertz CT molecular complexity index is 430. The first kappa shape index (κ1) is 14.4. The van der Waals surface area contributed by atoms with Crippen LogP contribution in [0.3, 0.4) is 0 Å². The second-order valence-electron chi connectivity index (χ2n) is 5.44. The number of carbonyl (C=O) groups is 1. The molecule has 1 unspecified atom stereocenters. The highest BCUT2D eigenvalue weighted by Gasteiger charge is 2.24. The summed E-state index contributed by atoms with van der Waals surface area (Å²) in [4.78, 5) is 17.5. The van der Waals surface area contributed by atoms with E-state index in [0.717, 1.165) is 30.0 Å². The van der Waals surface area contributed by atoms with Gasteiger partial charge in [0.2, 0.25) is 5.91 Å². The minimum atomic E-state index is 0.235. The number of likely N-dealkylation sites (N-methyl/N-ethyl adjacent to an activating group) is 1. The molecule has 0 radical (unpaired) electrons. The van der Waals surface area contributed by atoms with E-state index in [1.165, 1.54) is 6.42 Å². The summed E-state index contributed by atoms with van der Waals surface area (Å²) in [7, 11) is 4.17. The van der Waals surface area contributed by atoms with Gasteiger partial charge in [0, 0.05) is 24.0 Å². The van der Waals surface area contributed by atoms with E-state index >= 15 is 0 Å². The van der Waals surface area contributed by atoms with Gasteiger partial charge in [-0.2, -0.15) is 0 Å². The van der Waals surface area contributed by atoms with Crippen LogP contribution in [0.1, 0.15) is 18.4 Å². The van der Waals surface area contributed by atoms with Crippen molar-refractivity contribution < 1.29 is 4.79 Å². The Hall–Kier alpha value is -1.00. The maximum atomic E-state index is 12.3. The number of likely N-dealkylation sites (tertiary alicyclic amines) is 1. The molecule has 0 aromatic heterocycles. The van der Waals surface area contributed by atoms with Crippen LogP contribution in [-0.2, 0) is 11.2 Å². The molecule has 0 spiro atoms. The highest BCUT2D eigenvalue weighted by molar-refractivity contribution is 7.80. The van der Waals surface area contributed by atoms with Crippen LogP contribution in [0.4, 0.5) is 0 Å². The highest BCUT2D eigenvalue weighted by Crippen LogP contribution is 2.16. The van der Waals surface area contributed by atoms with Gasteiger partial charge in [0.15, 0.2) is 0 Å². The topological polar surface area (TPSA) is 23.6 Å². The van der Waals surface area contributed by atoms with Crippen molar-refractivity contribution >= 4 is 18.5 Å². The predicted molar refractivity (Wildman–Crippen MR) is 80.7 cm³/mol. The van der Waals surface area contributed by atoms with Gasteiger partial charge in [0.05, 0.1) is 6.42 Å². The average molecular weight is 278 g/mol. The first-order chi connectivity index (χ1) is 9.06. The SMILES string of the molecule is CN(C)C1CCCN(C(=O)Cc2ccc(S)cc2)C1. The van der Waals surface area contributed by atoms with Crippen LogP contribution < -0.4 is 0 Å². The van der Waals surface area contributed by atoms with Crippen LogP contribution in [0.5, 0.6) is 0 Å². The lowest BCUT2D eigenvalue weighted by Gasteiger charge is -2.36. The van der Waals surface area contributed by atoms with Crippen molar-refractivity contribution in [3.8, 4) is 0 Å². The zero-order chi connectivity index (χ0) is 13.8. The lowest BCUT2D eigenvalue weighted by atomic mass is 10.0. The van der Waals surface area contributed by atoms with Crippen molar-refractivity contribution in [2.24, 2.45) is 0 Å². The van der Waals surface area contributed by atoms with Crippen LogP contribution >= 0.6 is 12.6 Å². The fourth-order valence-corrected chi connectivity index (χ4v) is 2.65. The molecule has 1 saturated heterocycles. The molecule has 1 heterocycles. The molecule has 1 aromatic rings. The number of benzene rings is 1. The molecule has 1 aromatic carbocycles. The molecule has 0 aliphatic carbocycles. The molecular formula is C15H22N2OS. The maximum Gasteiger partial charge on any atom is 0.227 e. The minimum Gasteiger partial charge on any atom is -0.341 e. The summed E-state index contributed by atoms with van der Waals surface area (Å²) in [5.41, 5.74) is 1.06. The molecule has 19 heavy (non-hydrogen) atoms. The summed E-state index contributed by atoms with van der Waals surface area (Å²) < 4.78 is 0. The normalized spacial score (nSPS) is 19.8. The third-order valence-corrected chi connectivity index (χ3v) is 4.07. The van der Waals surface area contributed by atoms with E-state index in [1.54, 1.807) is 0 Å². The Morgan fingerprint density at radius 1 is 1.37 bits per heavy atom. The van der Waals surface area contributed by atoms with Crippen LogP contribution in [0, 0.1) is 0 Å². The van der Waals surface area contributed by atoms with Gasteiger partial charge < -0.3 is 9.80 Å². The second-order valence-corrected chi connectivity index (χ2v) is 5.96. The summed E-state index contributed by atoms with van der Waals surface area (Å²) >= 11 is 4.26. The fourth-order valence-electron chi connectivity index (χ4n) is 2.50. The van der Waals surface area contributed by atoms with E-state index in [0.29, 0.717) is 12.5 Å². The van der Waals surface area contributed by atoms with Crippen molar-refractivity contribution in [2.75, 3.05) is 27.2 Å². The van der Waals surface area contributed by atoms with Crippen molar-refractivity contribution in [1.29, 1.82) is 0 Å². The zero-order valence-corrected chi connectivity index (χ0v) is 12.6. The summed E-state index contributed by atoms with van der Waals surface area (Å²) in [6.45, 7) is 1.75. The molecule has 3 nitrogen and oxygen atoms in total. The largest absolute Gasteiger partial charge is 0.341 e. The smallest absolute Gasteiger partial charge is 0.227 e. The quantitative estimate of drug-likeness (QED) is 0.856. The van der Waals surface area contributed by atoms with Gasteiger partial charge in [-0.1, -0.05) is 12.1 Å². The van der Waals surface area contributed by atoms with E-state index in [4.69, 9.17) is 0 Å². The molecule has 1 amide bonds. The van der Waals surface area contributed by atoms with Crippen LogP contribution in [0.25, 0.3) is 0 Å². The summed E-state index contributed by atoms with van der Waals surface area (Å²) in [5.74, 6) is 0.235. The van der Waals surface area contributed by atoms with Crippen LogP contribution in [-0.4, -0.2) is 48.9 Å². The predicted octanol–water partition coefficient (Wildman–Crippen LogP) is 2.07. The Labute approximate surface area is 121 Å². The number of hydrogen-bond donors (Lipinski definition) is 1. The van der Waals surface area contributed by atoms with E-state index in [-0.39, 0.29) is 5.91 Å². The van der Waals surface area contributed by atoms with Crippen LogP contribution in [0.2, 0.25) is 0 Å². The van der Waals surface area contributed by atoms with Crippen molar-refractivity contribution in [3.63, 3.8) is 0 Å². The zero-order valence-electron chi connectivity index (χ0n) is 11.7. The van der Waals surface area contributed by atoms with Crippen LogP contribution in [0.15, 0.2) is 29.2 Å². The molecule has 1 fully saturated rings. The first-order valence-electron chi connectivity index (χ1n) is 6.78. The van der Waals surface area contributed by atoms with E-state index in [2.05, 4.69) is 31.6 Å².